The molecule has 5 nitrogen and oxygen atoms in total. The van der Waals surface area contributed by atoms with Gasteiger partial charge in [0.1, 0.15) is 5.82 Å². The zero-order chi connectivity index (χ0) is 20.0. The second-order valence-corrected chi connectivity index (χ2v) is 8.02. The first kappa shape index (κ1) is 21.2. The van der Waals surface area contributed by atoms with Crippen LogP contribution in [0.25, 0.3) is 0 Å². The predicted octanol–water partition coefficient (Wildman–Crippen LogP) is 4.37. The van der Waals surface area contributed by atoms with Crippen molar-refractivity contribution in [2.75, 3.05) is 18.5 Å². The highest BCUT2D eigenvalue weighted by molar-refractivity contribution is 7.98. The Labute approximate surface area is 167 Å². The Balaban J connectivity index is 2.07. The average molecular weight is 387 g/mol. The minimum absolute atomic E-state index is 0.0368. The summed E-state index contributed by atoms with van der Waals surface area (Å²) in [7, 11) is 2.08. The van der Waals surface area contributed by atoms with Crippen molar-refractivity contribution in [3.05, 3.63) is 46.6 Å². The number of benzene rings is 1. The quantitative estimate of drug-likeness (QED) is 0.539. The van der Waals surface area contributed by atoms with Crippen molar-refractivity contribution < 1.29 is 4.79 Å². The largest absolute Gasteiger partial charge is 0.359 e. The Morgan fingerprint density at radius 3 is 2.44 bits per heavy atom. The van der Waals surface area contributed by atoms with Crippen LogP contribution in [0.15, 0.2) is 29.4 Å². The summed E-state index contributed by atoms with van der Waals surface area (Å²) in [4.78, 5) is 23.6. The van der Waals surface area contributed by atoms with E-state index in [0.717, 1.165) is 46.5 Å². The molecule has 0 aliphatic carbocycles. The first-order valence-electron chi connectivity index (χ1n) is 9.40. The van der Waals surface area contributed by atoms with E-state index in [2.05, 4.69) is 36.1 Å². The third-order valence-corrected chi connectivity index (χ3v) is 5.19. The maximum Gasteiger partial charge on any atom is 0.251 e. The fourth-order valence-corrected chi connectivity index (χ4v) is 3.55. The molecule has 1 amide bonds. The lowest BCUT2D eigenvalue weighted by molar-refractivity contribution is 0.0943. The molecule has 0 saturated heterocycles. The fourth-order valence-electron chi connectivity index (χ4n) is 2.71. The first-order valence-corrected chi connectivity index (χ1v) is 10.4. The minimum Gasteiger partial charge on any atom is -0.359 e. The van der Waals surface area contributed by atoms with Crippen molar-refractivity contribution in [1.82, 2.24) is 15.3 Å². The number of nitrogens with one attached hydrogen (secondary N) is 1. The Morgan fingerprint density at radius 2 is 1.85 bits per heavy atom. The molecule has 0 fully saturated rings. The molecule has 1 aromatic carbocycles. The number of rotatable bonds is 8. The molecule has 0 unspecified atom stereocenters. The van der Waals surface area contributed by atoms with Gasteiger partial charge >= 0.3 is 0 Å². The van der Waals surface area contributed by atoms with Gasteiger partial charge in [-0.1, -0.05) is 30.8 Å². The Morgan fingerprint density at radius 1 is 1.19 bits per heavy atom. The minimum atomic E-state index is -0.0368. The van der Waals surface area contributed by atoms with Crippen LogP contribution in [-0.4, -0.2) is 35.5 Å². The van der Waals surface area contributed by atoms with Crippen molar-refractivity contribution >= 4 is 23.5 Å². The van der Waals surface area contributed by atoms with E-state index >= 15 is 0 Å². The number of carbonyl (C=O) groups is 1. The number of nitrogens with zero attached hydrogens (tertiary/aromatic N) is 3. The Hall–Kier alpha value is -2.08. The van der Waals surface area contributed by atoms with E-state index in [-0.39, 0.29) is 11.9 Å². The SMILES string of the molecule is CCCN(C)c1nc(SCc2ccc(C(=O)NC(C)C)cc2)nc(C)c1C. The molecule has 1 N–H and O–H groups in total. The Bertz CT molecular complexity index is 774. The highest BCUT2D eigenvalue weighted by Gasteiger charge is 2.12. The van der Waals surface area contributed by atoms with Crippen LogP contribution >= 0.6 is 11.8 Å². The van der Waals surface area contributed by atoms with Crippen LogP contribution in [-0.2, 0) is 5.75 Å². The van der Waals surface area contributed by atoms with Crippen LogP contribution in [0.2, 0.25) is 0 Å². The molecule has 6 heteroatoms. The van der Waals surface area contributed by atoms with Gasteiger partial charge in [-0.05, 0) is 51.8 Å². The number of hydrogen-bond acceptors (Lipinski definition) is 5. The molecule has 1 aromatic heterocycles. The molecule has 0 atom stereocenters. The average Bonchev–Trinajstić information content (AvgIpc) is 2.62. The molecular formula is C21H30N4OS. The summed E-state index contributed by atoms with van der Waals surface area (Å²) in [6.07, 6.45) is 1.08. The van der Waals surface area contributed by atoms with Crippen LogP contribution in [0.3, 0.4) is 0 Å². The molecule has 146 valence electrons. The van der Waals surface area contributed by atoms with Crippen LogP contribution in [0.1, 0.15) is 54.4 Å². The number of aromatic nitrogens is 2. The summed E-state index contributed by atoms with van der Waals surface area (Å²) in [5.74, 6) is 1.74. The number of carbonyl (C=O) groups excluding carboxylic acids is 1. The van der Waals surface area contributed by atoms with E-state index in [4.69, 9.17) is 4.98 Å². The van der Waals surface area contributed by atoms with Gasteiger partial charge in [-0.15, -0.1) is 0 Å². The standard InChI is InChI=1S/C21H30N4OS/c1-7-12-25(6)19-15(4)16(5)23-21(24-19)27-13-17-8-10-18(11-9-17)20(26)22-14(2)3/h8-11,14H,7,12-13H2,1-6H3,(H,22,26). The van der Waals surface area contributed by atoms with Gasteiger partial charge < -0.3 is 10.2 Å². The molecule has 0 bridgehead atoms. The molecule has 0 radical (unpaired) electrons. The van der Waals surface area contributed by atoms with Crippen molar-refractivity contribution in [2.24, 2.45) is 0 Å². The monoisotopic (exact) mass is 386 g/mol. The van der Waals surface area contributed by atoms with Crippen LogP contribution in [0, 0.1) is 13.8 Å². The summed E-state index contributed by atoms with van der Waals surface area (Å²) in [5.41, 5.74) is 3.98. The maximum atomic E-state index is 12.0. The number of thioether (sulfide) groups is 1. The van der Waals surface area contributed by atoms with E-state index in [1.807, 2.05) is 45.0 Å². The molecule has 2 aromatic rings. The van der Waals surface area contributed by atoms with Crippen molar-refractivity contribution in [2.45, 2.75) is 58.0 Å². The van der Waals surface area contributed by atoms with E-state index < -0.39 is 0 Å². The van der Waals surface area contributed by atoms with Gasteiger partial charge in [0.25, 0.3) is 5.91 Å². The van der Waals surface area contributed by atoms with Gasteiger partial charge in [-0.3, -0.25) is 4.79 Å². The number of hydrogen-bond donors (Lipinski definition) is 1. The number of aryl methyl sites for hydroxylation is 1. The molecule has 0 aliphatic heterocycles. The predicted molar refractivity (Wildman–Crippen MR) is 114 cm³/mol. The number of anilines is 1. The van der Waals surface area contributed by atoms with Gasteiger partial charge in [0.05, 0.1) is 0 Å². The molecule has 0 spiro atoms. The fraction of sp³-hybridized carbons (Fsp3) is 0.476. The third-order valence-electron chi connectivity index (χ3n) is 4.27. The molecule has 0 aliphatic rings. The summed E-state index contributed by atoms with van der Waals surface area (Å²) in [6, 6.07) is 7.86. The lowest BCUT2D eigenvalue weighted by Crippen LogP contribution is -2.29. The van der Waals surface area contributed by atoms with Gasteiger partial charge in [-0.2, -0.15) is 0 Å². The summed E-state index contributed by atoms with van der Waals surface area (Å²) in [5, 5.41) is 3.70. The van der Waals surface area contributed by atoms with Crippen molar-refractivity contribution in [3.8, 4) is 0 Å². The lowest BCUT2D eigenvalue weighted by atomic mass is 10.1. The number of amides is 1. The van der Waals surface area contributed by atoms with Crippen LogP contribution in [0.4, 0.5) is 5.82 Å². The van der Waals surface area contributed by atoms with E-state index in [1.165, 1.54) is 0 Å². The third kappa shape index (κ3) is 5.96. The van der Waals surface area contributed by atoms with Crippen molar-refractivity contribution in [3.63, 3.8) is 0 Å². The molecule has 2 rings (SSSR count). The second-order valence-electron chi connectivity index (χ2n) is 7.08. The zero-order valence-electron chi connectivity index (χ0n) is 17.2. The topological polar surface area (TPSA) is 58.1 Å². The van der Waals surface area contributed by atoms with Gasteiger partial charge in [-0.25, -0.2) is 9.97 Å². The highest BCUT2D eigenvalue weighted by Crippen LogP contribution is 2.25. The van der Waals surface area contributed by atoms with E-state index in [9.17, 15) is 4.79 Å². The summed E-state index contributed by atoms with van der Waals surface area (Å²) < 4.78 is 0. The van der Waals surface area contributed by atoms with Crippen molar-refractivity contribution in [1.29, 1.82) is 0 Å². The van der Waals surface area contributed by atoms with E-state index in [1.54, 1.807) is 11.8 Å². The Kier molecular flexibility index (Phi) is 7.66. The molecular weight excluding hydrogens is 356 g/mol. The van der Waals surface area contributed by atoms with Gasteiger partial charge in [0, 0.05) is 42.2 Å². The summed E-state index contributed by atoms with van der Waals surface area (Å²) in [6.45, 7) is 11.2. The smallest absolute Gasteiger partial charge is 0.251 e. The van der Waals surface area contributed by atoms with Crippen LogP contribution < -0.4 is 10.2 Å². The zero-order valence-corrected chi connectivity index (χ0v) is 18.0. The summed E-state index contributed by atoms with van der Waals surface area (Å²) >= 11 is 1.62. The lowest BCUT2D eigenvalue weighted by Gasteiger charge is -2.20. The normalized spacial score (nSPS) is 10.9. The molecule has 0 saturated carbocycles. The van der Waals surface area contributed by atoms with Crippen LogP contribution in [0.5, 0.6) is 0 Å². The van der Waals surface area contributed by atoms with Gasteiger partial charge in [0.15, 0.2) is 5.16 Å². The first-order chi connectivity index (χ1) is 12.8. The maximum absolute atomic E-state index is 12.0. The second kappa shape index (κ2) is 9.74. The van der Waals surface area contributed by atoms with E-state index in [0.29, 0.717) is 5.56 Å². The molecule has 27 heavy (non-hydrogen) atoms. The highest BCUT2D eigenvalue weighted by atomic mass is 32.2. The molecule has 1 heterocycles. The van der Waals surface area contributed by atoms with Gasteiger partial charge in [0.2, 0.25) is 0 Å².